The van der Waals surface area contributed by atoms with Gasteiger partial charge < -0.3 is 14.8 Å². The van der Waals surface area contributed by atoms with Crippen LogP contribution in [0.4, 0.5) is 0 Å². The quantitative estimate of drug-likeness (QED) is 0.644. The molecule has 0 radical (unpaired) electrons. The summed E-state index contributed by atoms with van der Waals surface area (Å²) in [6, 6.07) is 0. The van der Waals surface area contributed by atoms with Gasteiger partial charge in [-0.3, -0.25) is 4.79 Å². The van der Waals surface area contributed by atoms with Gasteiger partial charge in [0, 0.05) is 18.5 Å². The topological polar surface area (TPSA) is 47.6 Å². The van der Waals surface area contributed by atoms with E-state index < -0.39 is 5.41 Å². The molecule has 14 heavy (non-hydrogen) atoms. The van der Waals surface area contributed by atoms with E-state index in [9.17, 15) is 4.79 Å². The molecule has 1 unspecified atom stereocenters. The van der Waals surface area contributed by atoms with Crippen molar-refractivity contribution < 1.29 is 14.3 Å². The molecule has 0 saturated carbocycles. The average Bonchev–Trinajstić information content (AvgIpc) is 2.44. The Balaban J connectivity index is 2.16. The second-order valence-electron chi connectivity index (χ2n) is 4.43. The molecule has 0 amide bonds. The third-order valence-electron chi connectivity index (χ3n) is 3.60. The standard InChI is InChI=1S/C10H17NO3/c1-3-14-8(12)9(2)4-11-5-10(9)6-13-7-10/h11H,3-7H2,1-2H3. The molecule has 2 fully saturated rings. The summed E-state index contributed by atoms with van der Waals surface area (Å²) in [7, 11) is 0. The first-order valence-corrected chi connectivity index (χ1v) is 5.10. The highest BCUT2D eigenvalue weighted by Gasteiger charge is 2.61. The second-order valence-corrected chi connectivity index (χ2v) is 4.43. The second kappa shape index (κ2) is 3.21. The van der Waals surface area contributed by atoms with E-state index in [1.54, 1.807) is 0 Å². The molecule has 4 nitrogen and oxygen atoms in total. The van der Waals surface area contributed by atoms with Crippen LogP contribution in [0.5, 0.6) is 0 Å². The molecule has 2 rings (SSSR count). The summed E-state index contributed by atoms with van der Waals surface area (Å²) in [4.78, 5) is 11.9. The fourth-order valence-electron chi connectivity index (χ4n) is 2.28. The molecule has 0 aromatic heterocycles. The summed E-state index contributed by atoms with van der Waals surface area (Å²) in [5, 5.41) is 3.26. The summed E-state index contributed by atoms with van der Waals surface area (Å²) in [6.45, 7) is 7.19. The van der Waals surface area contributed by atoms with Gasteiger partial charge in [0.25, 0.3) is 0 Å². The number of carbonyl (C=O) groups excluding carboxylic acids is 1. The number of nitrogens with one attached hydrogen (secondary N) is 1. The zero-order valence-corrected chi connectivity index (χ0v) is 8.76. The van der Waals surface area contributed by atoms with Gasteiger partial charge in [-0.25, -0.2) is 0 Å². The first-order valence-electron chi connectivity index (χ1n) is 5.10. The molecular weight excluding hydrogens is 182 g/mol. The Morgan fingerprint density at radius 3 is 2.71 bits per heavy atom. The van der Waals surface area contributed by atoms with Crippen molar-refractivity contribution in [3.8, 4) is 0 Å². The molecule has 80 valence electrons. The van der Waals surface area contributed by atoms with Gasteiger partial charge in [0.05, 0.1) is 25.2 Å². The van der Waals surface area contributed by atoms with Gasteiger partial charge in [-0.1, -0.05) is 0 Å². The van der Waals surface area contributed by atoms with E-state index in [0.717, 1.165) is 6.54 Å². The first kappa shape index (κ1) is 9.93. The van der Waals surface area contributed by atoms with Gasteiger partial charge in [-0.15, -0.1) is 0 Å². The van der Waals surface area contributed by atoms with Crippen LogP contribution in [0.3, 0.4) is 0 Å². The van der Waals surface area contributed by atoms with Crippen LogP contribution in [0.1, 0.15) is 13.8 Å². The molecule has 1 N–H and O–H groups in total. The van der Waals surface area contributed by atoms with Crippen molar-refractivity contribution in [1.29, 1.82) is 0 Å². The minimum Gasteiger partial charge on any atom is -0.466 e. The molecule has 2 aliphatic rings. The maximum absolute atomic E-state index is 11.9. The smallest absolute Gasteiger partial charge is 0.313 e. The van der Waals surface area contributed by atoms with Crippen molar-refractivity contribution in [1.82, 2.24) is 5.32 Å². The Bertz CT molecular complexity index is 250. The van der Waals surface area contributed by atoms with Gasteiger partial charge in [-0.2, -0.15) is 0 Å². The van der Waals surface area contributed by atoms with Crippen LogP contribution in [0, 0.1) is 10.8 Å². The highest BCUT2D eigenvalue weighted by Crippen LogP contribution is 2.48. The molecule has 2 heterocycles. The van der Waals surface area contributed by atoms with Crippen molar-refractivity contribution in [2.24, 2.45) is 10.8 Å². The normalized spacial score (nSPS) is 34.1. The van der Waals surface area contributed by atoms with Crippen LogP contribution in [0.25, 0.3) is 0 Å². The predicted octanol–water partition coefficient (Wildman–Crippen LogP) is 0.176. The summed E-state index contributed by atoms with van der Waals surface area (Å²) >= 11 is 0. The van der Waals surface area contributed by atoms with E-state index in [0.29, 0.717) is 26.4 Å². The monoisotopic (exact) mass is 199 g/mol. The van der Waals surface area contributed by atoms with Crippen LogP contribution < -0.4 is 5.32 Å². The molecule has 4 heteroatoms. The molecule has 2 saturated heterocycles. The van der Waals surface area contributed by atoms with Crippen molar-refractivity contribution >= 4 is 5.97 Å². The summed E-state index contributed by atoms with van der Waals surface area (Å²) < 4.78 is 10.4. The fraction of sp³-hybridized carbons (Fsp3) is 0.900. The Morgan fingerprint density at radius 2 is 2.21 bits per heavy atom. The molecule has 0 aromatic rings. The number of carbonyl (C=O) groups is 1. The van der Waals surface area contributed by atoms with E-state index in [2.05, 4.69) is 5.32 Å². The fourth-order valence-corrected chi connectivity index (χ4v) is 2.28. The van der Waals surface area contributed by atoms with Gasteiger partial charge >= 0.3 is 5.97 Å². The number of esters is 1. The van der Waals surface area contributed by atoms with E-state index >= 15 is 0 Å². The van der Waals surface area contributed by atoms with Crippen molar-refractivity contribution in [3.05, 3.63) is 0 Å². The van der Waals surface area contributed by atoms with Crippen LogP contribution in [0.15, 0.2) is 0 Å². The minimum absolute atomic E-state index is 0.0146. The highest BCUT2D eigenvalue weighted by molar-refractivity contribution is 5.78. The lowest BCUT2D eigenvalue weighted by Crippen LogP contribution is -2.57. The molecule has 1 spiro atoms. The Hall–Kier alpha value is -0.610. The Morgan fingerprint density at radius 1 is 1.50 bits per heavy atom. The maximum atomic E-state index is 11.9. The number of hydrogen-bond donors (Lipinski definition) is 1. The van der Waals surface area contributed by atoms with E-state index in [4.69, 9.17) is 9.47 Å². The van der Waals surface area contributed by atoms with Crippen LogP contribution >= 0.6 is 0 Å². The summed E-state index contributed by atoms with van der Waals surface area (Å²) in [5.74, 6) is -0.0895. The largest absolute Gasteiger partial charge is 0.466 e. The maximum Gasteiger partial charge on any atom is 0.313 e. The predicted molar refractivity (Wildman–Crippen MR) is 50.9 cm³/mol. The van der Waals surface area contributed by atoms with Crippen molar-refractivity contribution in [2.45, 2.75) is 13.8 Å². The van der Waals surface area contributed by atoms with Gasteiger partial charge in [0.2, 0.25) is 0 Å². The summed E-state index contributed by atoms with van der Waals surface area (Å²) in [5.41, 5.74) is -0.416. The lowest BCUT2D eigenvalue weighted by molar-refractivity contribution is -0.189. The molecule has 0 aliphatic carbocycles. The zero-order valence-electron chi connectivity index (χ0n) is 8.76. The van der Waals surface area contributed by atoms with Gasteiger partial charge in [-0.05, 0) is 13.8 Å². The molecule has 1 atom stereocenters. The number of hydrogen-bond acceptors (Lipinski definition) is 4. The zero-order chi connectivity index (χ0) is 10.2. The highest BCUT2D eigenvalue weighted by atomic mass is 16.5. The van der Waals surface area contributed by atoms with Gasteiger partial charge in [0.1, 0.15) is 0 Å². The average molecular weight is 199 g/mol. The lowest BCUT2D eigenvalue weighted by atomic mass is 9.65. The van der Waals surface area contributed by atoms with E-state index in [-0.39, 0.29) is 11.4 Å². The number of ether oxygens (including phenoxy) is 2. The Kier molecular flexibility index (Phi) is 2.27. The molecular formula is C10H17NO3. The van der Waals surface area contributed by atoms with Gasteiger partial charge in [0.15, 0.2) is 0 Å². The molecule has 0 aromatic carbocycles. The first-order chi connectivity index (χ1) is 6.65. The van der Waals surface area contributed by atoms with Crippen LogP contribution in [-0.2, 0) is 14.3 Å². The van der Waals surface area contributed by atoms with E-state index in [1.165, 1.54) is 0 Å². The number of rotatable bonds is 2. The van der Waals surface area contributed by atoms with Crippen LogP contribution in [-0.4, -0.2) is 38.9 Å². The summed E-state index contributed by atoms with van der Waals surface area (Å²) in [6.07, 6.45) is 0. The minimum atomic E-state index is -0.402. The van der Waals surface area contributed by atoms with E-state index in [1.807, 2.05) is 13.8 Å². The molecule has 0 bridgehead atoms. The third kappa shape index (κ3) is 1.10. The van der Waals surface area contributed by atoms with Crippen LogP contribution in [0.2, 0.25) is 0 Å². The lowest BCUT2D eigenvalue weighted by Gasteiger charge is -2.46. The SMILES string of the molecule is CCOC(=O)C1(C)CNCC12COC2. The third-order valence-corrected chi connectivity index (χ3v) is 3.60. The van der Waals surface area contributed by atoms with Crippen molar-refractivity contribution in [3.63, 3.8) is 0 Å². The molecule has 2 aliphatic heterocycles. The Labute approximate surface area is 84.0 Å². The van der Waals surface area contributed by atoms with Crippen molar-refractivity contribution in [2.75, 3.05) is 32.9 Å².